The molecule has 0 spiro atoms. The van der Waals surface area contributed by atoms with E-state index in [-0.39, 0.29) is 11.6 Å². The van der Waals surface area contributed by atoms with Crippen molar-refractivity contribution in [3.8, 4) is 11.5 Å². The highest BCUT2D eigenvalue weighted by Crippen LogP contribution is 2.23. The molecule has 0 radical (unpaired) electrons. The van der Waals surface area contributed by atoms with E-state index in [1.165, 1.54) is 6.08 Å². The largest absolute Gasteiger partial charge is 0.496 e. The molecule has 4 rings (SSSR count). The molecule has 0 aliphatic rings. The van der Waals surface area contributed by atoms with Crippen molar-refractivity contribution in [1.82, 2.24) is 9.78 Å². The third kappa shape index (κ3) is 6.88. The summed E-state index contributed by atoms with van der Waals surface area (Å²) in [6, 6.07) is 22.5. The molecular weight excluding hydrogens is 480 g/mol. The smallest absolute Gasteiger partial charge is 0.278 e. The minimum absolute atomic E-state index is 0.137. The molecule has 2 N–H and O–H groups in total. The van der Waals surface area contributed by atoms with E-state index in [1.54, 1.807) is 36.2 Å². The van der Waals surface area contributed by atoms with Crippen LogP contribution < -0.4 is 20.1 Å². The van der Waals surface area contributed by atoms with Gasteiger partial charge in [-0.2, -0.15) is 5.10 Å². The van der Waals surface area contributed by atoms with Crippen LogP contribution >= 0.6 is 0 Å². The van der Waals surface area contributed by atoms with Gasteiger partial charge in [-0.15, -0.1) is 0 Å². The molecule has 0 atom stereocenters. The zero-order valence-electron chi connectivity index (χ0n) is 21.6. The van der Waals surface area contributed by atoms with Crippen molar-refractivity contribution in [1.29, 1.82) is 0 Å². The molecule has 0 saturated carbocycles. The summed E-state index contributed by atoms with van der Waals surface area (Å²) in [6.45, 7) is 4.79. The van der Waals surface area contributed by atoms with Crippen molar-refractivity contribution in [2.75, 3.05) is 17.7 Å². The van der Waals surface area contributed by atoms with Crippen LogP contribution in [-0.4, -0.2) is 28.7 Å². The Balaban J connectivity index is 1.44. The number of carbonyl (C=O) groups is 2. The Morgan fingerprint density at radius 3 is 2.47 bits per heavy atom. The number of methoxy groups -OCH3 is 1. The van der Waals surface area contributed by atoms with Crippen LogP contribution in [0.3, 0.4) is 0 Å². The first-order valence-electron chi connectivity index (χ1n) is 12.2. The molecule has 0 unspecified atom stereocenters. The van der Waals surface area contributed by atoms with Gasteiger partial charge in [0.15, 0.2) is 5.69 Å². The number of ether oxygens (including phenoxy) is 2. The second-order valence-electron chi connectivity index (χ2n) is 8.56. The van der Waals surface area contributed by atoms with Crippen LogP contribution in [0.15, 0.2) is 85.1 Å². The Morgan fingerprint density at radius 1 is 1.00 bits per heavy atom. The lowest BCUT2D eigenvalue weighted by Crippen LogP contribution is -2.17. The molecular formula is C30H30N4O4. The molecule has 4 aromatic rings. The summed E-state index contributed by atoms with van der Waals surface area (Å²) in [4.78, 5) is 25.6. The molecule has 8 nitrogen and oxygen atoms in total. The lowest BCUT2D eigenvalue weighted by atomic mass is 10.1. The number of nitrogens with zero attached hydrogens (tertiary/aromatic N) is 2. The van der Waals surface area contributed by atoms with Crippen molar-refractivity contribution >= 4 is 29.3 Å². The zero-order valence-corrected chi connectivity index (χ0v) is 21.6. The maximum Gasteiger partial charge on any atom is 0.278 e. The van der Waals surface area contributed by atoms with Crippen LogP contribution in [0.25, 0.3) is 6.08 Å². The topological polar surface area (TPSA) is 94.5 Å². The van der Waals surface area contributed by atoms with Crippen molar-refractivity contribution in [3.63, 3.8) is 0 Å². The average molecular weight is 511 g/mol. The van der Waals surface area contributed by atoms with Gasteiger partial charge in [0.05, 0.1) is 12.8 Å². The van der Waals surface area contributed by atoms with Crippen LogP contribution in [0, 0.1) is 6.92 Å². The van der Waals surface area contributed by atoms with E-state index < -0.39 is 5.91 Å². The van der Waals surface area contributed by atoms with E-state index in [0.717, 1.165) is 22.4 Å². The molecule has 0 aliphatic heterocycles. The van der Waals surface area contributed by atoms with Gasteiger partial charge >= 0.3 is 0 Å². The van der Waals surface area contributed by atoms with Crippen molar-refractivity contribution in [3.05, 3.63) is 107 Å². The molecule has 8 heteroatoms. The van der Waals surface area contributed by atoms with Gasteiger partial charge in [0, 0.05) is 30.1 Å². The number of rotatable bonds is 10. The quantitative estimate of drug-likeness (QED) is 0.267. The average Bonchev–Trinajstić information content (AvgIpc) is 3.35. The van der Waals surface area contributed by atoms with Crippen molar-refractivity contribution in [2.45, 2.75) is 27.0 Å². The van der Waals surface area contributed by atoms with Gasteiger partial charge in [-0.1, -0.05) is 42.0 Å². The van der Waals surface area contributed by atoms with Gasteiger partial charge in [-0.25, -0.2) is 0 Å². The van der Waals surface area contributed by atoms with E-state index in [2.05, 4.69) is 15.7 Å². The first kappa shape index (κ1) is 26.2. The monoisotopic (exact) mass is 510 g/mol. The number of anilines is 2. The maximum absolute atomic E-state index is 12.8. The first-order valence-corrected chi connectivity index (χ1v) is 12.2. The minimum atomic E-state index is -0.406. The number of para-hydroxylation sites is 1. The first-order chi connectivity index (χ1) is 18.4. The Hall–Kier alpha value is -4.85. The Labute approximate surface area is 221 Å². The summed E-state index contributed by atoms with van der Waals surface area (Å²) in [7, 11) is 1.61. The number of carbonyl (C=O) groups excluding carboxylic acids is 2. The van der Waals surface area contributed by atoms with E-state index in [9.17, 15) is 9.59 Å². The SMILES string of the molecule is CCn1cc(NC(=O)/C=C/c2ccc(OC)c(COc3ccc(C)cc3)c2)c(C(=O)Nc2ccccc2)n1. The third-order valence-electron chi connectivity index (χ3n) is 5.74. The Kier molecular flexibility index (Phi) is 8.56. The molecule has 3 aromatic carbocycles. The minimum Gasteiger partial charge on any atom is -0.496 e. The number of hydrogen-bond donors (Lipinski definition) is 2. The fraction of sp³-hybridized carbons (Fsp3) is 0.167. The second-order valence-corrected chi connectivity index (χ2v) is 8.56. The third-order valence-corrected chi connectivity index (χ3v) is 5.74. The molecule has 0 saturated heterocycles. The van der Waals surface area contributed by atoms with Crippen molar-refractivity contribution in [2.24, 2.45) is 0 Å². The molecule has 0 fully saturated rings. The normalized spacial score (nSPS) is 10.8. The Bertz CT molecular complexity index is 1430. The molecule has 1 aromatic heterocycles. The fourth-order valence-electron chi connectivity index (χ4n) is 3.71. The fourth-order valence-corrected chi connectivity index (χ4v) is 3.71. The van der Waals surface area contributed by atoms with E-state index in [4.69, 9.17) is 9.47 Å². The highest BCUT2D eigenvalue weighted by atomic mass is 16.5. The summed E-state index contributed by atoms with van der Waals surface area (Å²) >= 11 is 0. The zero-order chi connectivity index (χ0) is 26.9. The van der Waals surface area contributed by atoms with E-state index >= 15 is 0 Å². The van der Waals surface area contributed by atoms with Gasteiger partial charge in [-0.05, 0) is 61.9 Å². The number of aromatic nitrogens is 2. The van der Waals surface area contributed by atoms with Crippen LogP contribution in [-0.2, 0) is 17.9 Å². The standard InChI is InChI=1S/C30H30N4O4/c1-4-34-19-26(29(33-34)30(36)31-24-8-6-5-7-9-24)32-28(35)17-13-22-12-16-27(37-3)23(18-22)20-38-25-14-10-21(2)11-15-25/h5-19H,4,20H2,1-3H3,(H,31,36)(H,32,35)/b17-13+. The molecule has 1 heterocycles. The number of amides is 2. The van der Waals surface area contributed by atoms with Crippen LogP contribution in [0.5, 0.6) is 11.5 Å². The summed E-state index contributed by atoms with van der Waals surface area (Å²) in [5.41, 5.74) is 3.91. The van der Waals surface area contributed by atoms with E-state index in [0.29, 0.717) is 30.3 Å². The lowest BCUT2D eigenvalue weighted by Gasteiger charge is -2.11. The van der Waals surface area contributed by atoms with Gasteiger partial charge in [-0.3, -0.25) is 14.3 Å². The molecule has 0 bridgehead atoms. The summed E-state index contributed by atoms with van der Waals surface area (Å²) < 4.78 is 13.0. The number of aryl methyl sites for hydroxylation is 2. The highest BCUT2D eigenvalue weighted by molar-refractivity contribution is 6.10. The van der Waals surface area contributed by atoms with Gasteiger partial charge in [0.1, 0.15) is 18.1 Å². The molecule has 38 heavy (non-hydrogen) atoms. The predicted molar refractivity (Wildman–Crippen MR) is 148 cm³/mol. The predicted octanol–water partition coefficient (Wildman–Crippen LogP) is 5.70. The second kappa shape index (κ2) is 12.4. The summed E-state index contributed by atoms with van der Waals surface area (Å²) in [6.07, 6.45) is 4.74. The molecule has 2 amide bonds. The van der Waals surface area contributed by atoms with Gasteiger partial charge in [0.2, 0.25) is 5.91 Å². The molecule has 194 valence electrons. The number of hydrogen-bond acceptors (Lipinski definition) is 5. The van der Waals surface area contributed by atoms with Crippen molar-refractivity contribution < 1.29 is 19.1 Å². The van der Waals surface area contributed by atoms with Gasteiger partial charge < -0.3 is 20.1 Å². The van der Waals surface area contributed by atoms with Gasteiger partial charge in [0.25, 0.3) is 5.91 Å². The van der Waals surface area contributed by atoms with E-state index in [1.807, 2.05) is 74.5 Å². The lowest BCUT2D eigenvalue weighted by molar-refractivity contribution is -0.111. The summed E-state index contributed by atoms with van der Waals surface area (Å²) in [5.74, 6) is 0.663. The number of benzene rings is 3. The summed E-state index contributed by atoms with van der Waals surface area (Å²) in [5, 5.41) is 9.89. The molecule has 0 aliphatic carbocycles. The number of nitrogens with one attached hydrogen (secondary N) is 2. The maximum atomic E-state index is 12.8. The Morgan fingerprint density at radius 2 is 1.76 bits per heavy atom. The van der Waals surface area contributed by atoms with Crippen LogP contribution in [0.4, 0.5) is 11.4 Å². The van der Waals surface area contributed by atoms with Crippen LogP contribution in [0.1, 0.15) is 34.1 Å². The van der Waals surface area contributed by atoms with Crippen LogP contribution in [0.2, 0.25) is 0 Å². The highest BCUT2D eigenvalue weighted by Gasteiger charge is 2.18.